The van der Waals surface area contributed by atoms with E-state index >= 15 is 0 Å². The van der Waals surface area contributed by atoms with Crippen molar-refractivity contribution in [1.82, 2.24) is 9.97 Å². The zero-order valence-corrected chi connectivity index (χ0v) is 15.2. The number of anilines is 3. The molecule has 0 fully saturated rings. The highest BCUT2D eigenvalue weighted by atomic mass is 16.5. The van der Waals surface area contributed by atoms with Crippen LogP contribution in [0.4, 0.5) is 17.5 Å². The molecule has 134 valence electrons. The van der Waals surface area contributed by atoms with E-state index in [0.29, 0.717) is 5.95 Å². The maximum atomic E-state index is 5.37. The van der Waals surface area contributed by atoms with Gasteiger partial charge in [-0.1, -0.05) is 42.5 Å². The molecule has 0 saturated heterocycles. The summed E-state index contributed by atoms with van der Waals surface area (Å²) in [5.74, 6) is 2.14. The van der Waals surface area contributed by atoms with Gasteiger partial charge < -0.3 is 15.4 Å². The van der Waals surface area contributed by atoms with Gasteiger partial charge in [-0.05, 0) is 37.5 Å². The molecule has 2 aromatic carbocycles. The lowest BCUT2D eigenvalue weighted by Gasteiger charge is -2.12. The lowest BCUT2D eigenvalue weighted by molar-refractivity contribution is 0.417. The summed E-state index contributed by atoms with van der Waals surface area (Å²) in [7, 11) is 1.65. The van der Waals surface area contributed by atoms with Crippen LogP contribution >= 0.6 is 0 Å². The monoisotopic (exact) mass is 348 g/mol. The maximum Gasteiger partial charge on any atom is 0.229 e. The van der Waals surface area contributed by atoms with Gasteiger partial charge in [-0.15, -0.1) is 0 Å². The van der Waals surface area contributed by atoms with E-state index in [4.69, 9.17) is 4.74 Å². The van der Waals surface area contributed by atoms with Crippen LogP contribution in [0, 0.1) is 6.92 Å². The minimum Gasteiger partial charge on any atom is -0.495 e. The number of benzene rings is 2. The molecule has 2 N–H and O–H groups in total. The van der Waals surface area contributed by atoms with Crippen molar-refractivity contribution in [3.05, 3.63) is 71.9 Å². The van der Waals surface area contributed by atoms with Gasteiger partial charge in [0.15, 0.2) is 0 Å². The largest absolute Gasteiger partial charge is 0.495 e. The Kier molecular flexibility index (Phi) is 6.04. The van der Waals surface area contributed by atoms with Gasteiger partial charge in [0.1, 0.15) is 11.6 Å². The fourth-order valence-corrected chi connectivity index (χ4v) is 2.74. The summed E-state index contributed by atoms with van der Waals surface area (Å²) in [6.45, 7) is 2.82. The van der Waals surface area contributed by atoms with Crippen LogP contribution in [-0.4, -0.2) is 23.6 Å². The van der Waals surface area contributed by atoms with Gasteiger partial charge in [0.2, 0.25) is 5.95 Å². The zero-order chi connectivity index (χ0) is 18.2. The minimum atomic E-state index is 0.556. The van der Waals surface area contributed by atoms with Gasteiger partial charge in [-0.3, -0.25) is 0 Å². The van der Waals surface area contributed by atoms with Crippen LogP contribution in [0.3, 0.4) is 0 Å². The third-order valence-electron chi connectivity index (χ3n) is 4.00. The van der Waals surface area contributed by atoms with E-state index in [-0.39, 0.29) is 0 Å². The number of aryl methyl sites for hydroxylation is 2. The Labute approximate surface area is 154 Å². The number of nitrogens with zero attached hydrogens (tertiary/aromatic N) is 2. The van der Waals surface area contributed by atoms with Gasteiger partial charge in [-0.25, -0.2) is 4.98 Å². The lowest BCUT2D eigenvalue weighted by Crippen LogP contribution is -2.08. The average Bonchev–Trinajstić information content (AvgIpc) is 2.66. The molecule has 0 unspecified atom stereocenters. The summed E-state index contributed by atoms with van der Waals surface area (Å²) in [6, 6.07) is 20.2. The van der Waals surface area contributed by atoms with Crippen molar-refractivity contribution in [3.63, 3.8) is 0 Å². The van der Waals surface area contributed by atoms with Gasteiger partial charge >= 0.3 is 0 Å². The van der Waals surface area contributed by atoms with Crippen LogP contribution in [0.2, 0.25) is 0 Å². The standard InChI is InChI=1S/C21H24N4O/c1-16-15-20(22-14-8-11-17-9-4-3-5-10-17)25-21(23-16)24-18-12-6-7-13-19(18)26-2/h3-7,9-10,12-13,15H,8,11,14H2,1-2H3,(H2,22,23,24,25). The van der Waals surface area contributed by atoms with Crippen molar-refractivity contribution in [2.24, 2.45) is 0 Å². The molecule has 1 heterocycles. The topological polar surface area (TPSA) is 59.1 Å². The van der Waals surface area contributed by atoms with Crippen molar-refractivity contribution >= 4 is 17.5 Å². The molecule has 0 saturated carbocycles. The highest BCUT2D eigenvalue weighted by Gasteiger charge is 2.06. The zero-order valence-electron chi connectivity index (χ0n) is 15.2. The molecule has 26 heavy (non-hydrogen) atoms. The van der Waals surface area contributed by atoms with Crippen LogP contribution in [0.15, 0.2) is 60.7 Å². The Hall–Kier alpha value is -3.08. The second kappa shape index (κ2) is 8.85. The molecule has 0 radical (unpaired) electrons. The molecule has 3 aromatic rings. The number of aromatic nitrogens is 2. The van der Waals surface area contributed by atoms with Crippen LogP contribution in [0.25, 0.3) is 0 Å². The van der Waals surface area contributed by atoms with Crippen molar-refractivity contribution < 1.29 is 4.74 Å². The molecule has 0 bridgehead atoms. The normalized spacial score (nSPS) is 10.4. The molecule has 0 spiro atoms. The van der Waals surface area contributed by atoms with E-state index < -0.39 is 0 Å². The average molecular weight is 348 g/mol. The summed E-state index contributed by atoms with van der Waals surface area (Å²) in [6.07, 6.45) is 2.09. The van der Waals surface area contributed by atoms with Crippen LogP contribution in [0.1, 0.15) is 17.7 Å². The number of methoxy groups -OCH3 is 1. The van der Waals surface area contributed by atoms with Gasteiger partial charge in [0.25, 0.3) is 0 Å². The van der Waals surface area contributed by atoms with Crippen molar-refractivity contribution in [2.75, 3.05) is 24.3 Å². The third kappa shape index (κ3) is 4.96. The van der Waals surface area contributed by atoms with Gasteiger partial charge in [0.05, 0.1) is 12.8 Å². The Bertz CT molecular complexity index is 836. The second-order valence-corrected chi connectivity index (χ2v) is 6.06. The molecule has 1 aromatic heterocycles. The van der Waals surface area contributed by atoms with E-state index in [2.05, 4.69) is 44.9 Å². The second-order valence-electron chi connectivity index (χ2n) is 6.06. The number of hydrogen-bond donors (Lipinski definition) is 2. The molecule has 0 amide bonds. The summed E-state index contributed by atoms with van der Waals surface area (Å²) in [5.41, 5.74) is 3.10. The van der Waals surface area contributed by atoms with E-state index in [1.54, 1.807) is 7.11 Å². The number of nitrogens with one attached hydrogen (secondary N) is 2. The van der Waals surface area contributed by atoms with Gasteiger partial charge in [0, 0.05) is 18.3 Å². The SMILES string of the molecule is COc1ccccc1Nc1nc(C)cc(NCCCc2ccccc2)n1. The molecule has 0 atom stereocenters. The molecule has 5 heteroatoms. The highest BCUT2D eigenvalue weighted by molar-refractivity contribution is 5.63. The summed E-state index contributed by atoms with van der Waals surface area (Å²) in [4.78, 5) is 9.02. The van der Waals surface area contributed by atoms with E-state index in [9.17, 15) is 0 Å². The summed E-state index contributed by atoms with van der Waals surface area (Å²) < 4.78 is 5.37. The van der Waals surface area contributed by atoms with E-state index in [0.717, 1.165) is 42.3 Å². The van der Waals surface area contributed by atoms with Crippen LogP contribution in [0.5, 0.6) is 5.75 Å². The quantitative estimate of drug-likeness (QED) is 0.584. The van der Waals surface area contributed by atoms with Crippen molar-refractivity contribution in [2.45, 2.75) is 19.8 Å². The molecular formula is C21H24N4O. The molecule has 5 nitrogen and oxygen atoms in total. The Balaban J connectivity index is 1.60. The number of hydrogen-bond acceptors (Lipinski definition) is 5. The van der Waals surface area contributed by atoms with E-state index in [1.165, 1.54) is 5.56 Å². The van der Waals surface area contributed by atoms with Crippen molar-refractivity contribution in [3.8, 4) is 5.75 Å². The fraction of sp³-hybridized carbons (Fsp3) is 0.238. The molecule has 0 aliphatic rings. The Morgan fingerprint density at radius 1 is 0.962 bits per heavy atom. The van der Waals surface area contributed by atoms with Crippen molar-refractivity contribution in [1.29, 1.82) is 0 Å². The first-order chi connectivity index (χ1) is 12.7. The minimum absolute atomic E-state index is 0.556. The summed E-state index contributed by atoms with van der Waals surface area (Å²) >= 11 is 0. The smallest absolute Gasteiger partial charge is 0.229 e. The molecule has 0 aliphatic heterocycles. The maximum absolute atomic E-state index is 5.37. The Morgan fingerprint density at radius 2 is 1.73 bits per heavy atom. The lowest BCUT2D eigenvalue weighted by atomic mass is 10.1. The Morgan fingerprint density at radius 3 is 2.54 bits per heavy atom. The van der Waals surface area contributed by atoms with Gasteiger partial charge in [-0.2, -0.15) is 4.98 Å². The predicted molar refractivity (Wildman–Crippen MR) is 106 cm³/mol. The number of ether oxygens (including phenoxy) is 1. The molecule has 0 aliphatic carbocycles. The number of rotatable bonds is 8. The first-order valence-corrected chi connectivity index (χ1v) is 8.78. The predicted octanol–water partition coefficient (Wildman–Crippen LogP) is 4.58. The molecule has 3 rings (SSSR count). The van der Waals surface area contributed by atoms with Crippen LogP contribution < -0.4 is 15.4 Å². The fourth-order valence-electron chi connectivity index (χ4n) is 2.74. The van der Waals surface area contributed by atoms with Crippen LogP contribution in [-0.2, 0) is 6.42 Å². The highest BCUT2D eigenvalue weighted by Crippen LogP contribution is 2.26. The third-order valence-corrected chi connectivity index (χ3v) is 4.00. The number of para-hydroxylation sites is 2. The van der Waals surface area contributed by atoms with E-state index in [1.807, 2.05) is 43.3 Å². The molecular weight excluding hydrogens is 324 g/mol. The first-order valence-electron chi connectivity index (χ1n) is 8.78. The first kappa shape index (κ1) is 17.7. The summed E-state index contributed by atoms with van der Waals surface area (Å²) in [5, 5.41) is 6.62.